The fourth-order valence-corrected chi connectivity index (χ4v) is 1.98. The lowest BCUT2D eigenvalue weighted by molar-refractivity contribution is 0.727. The Kier molecular flexibility index (Phi) is 3.38. The molecule has 3 nitrogen and oxygen atoms in total. The largest absolute Gasteiger partial charge is 0.294 e. The van der Waals surface area contributed by atoms with Crippen LogP contribution < -0.4 is 5.56 Å². The molecule has 16 heavy (non-hydrogen) atoms. The number of aryl methyl sites for hydroxylation is 1. The van der Waals surface area contributed by atoms with E-state index in [1.54, 1.807) is 17.1 Å². The summed E-state index contributed by atoms with van der Waals surface area (Å²) in [7, 11) is 0. The molecular formula is C12H11IN2O. The molecule has 0 fully saturated rings. The SMILES string of the molecule is Cc1ccccc1Cn1cncc(I)c1=O. The Bertz CT molecular complexity index is 563. The first kappa shape index (κ1) is 11.3. The zero-order valence-corrected chi connectivity index (χ0v) is 11.0. The molecule has 0 unspecified atom stereocenters. The number of halogens is 1. The van der Waals surface area contributed by atoms with Crippen LogP contribution in [0.3, 0.4) is 0 Å². The van der Waals surface area contributed by atoms with Gasteiger partial charge in [0, 0.05) is 6.20 Å². The predicted molar refractivity (Wildman–Crippen MR) is 71.5 cm³/mol. The third-order valence-corrected chi connectivity index (χ3v) is 3.20. The van der Waals surface area contributed by atoms with Crippen molar-refractivity contribution in [2.45, 2.75) is 13.5 Å². The summed E-state index contributed by atoms with van der Waals surface area (Å²) in [5.74, 6) is 0. The standard InChI is InChI=1S/C12H11IN2O/c1-9-4-2-3-5-10(9)7-15-8-14-6-11(13)12(15)16/h2-6,8H,7H2,1H3. The van der Waals surface area contributed by atoms with Crippen molar-refractivity contribution in [2.24, 2.45) is 0 Å². The summed E-state index contributed by atoms with van der Waals surface area (Å²) in [6.45, 7) is 2.62. The van der Waals surface area contributed by atoms with Crippen LogP contribution in [0.2, 0.25) is 0 Å². The average molecular weight is 326 g/mol. The van der Waals surface area contributed by atoms with Crippen LogP contribution in [0.15, 0.2) is 41.6 Å². The number of nitrogens with zero attached hydrogens (tertiary/aromatic N) is 2. The van der Waals surface area contributed by atoms with Gasteiger partial charge in [0.25, 0.3) is 5.56 Å². The summed E-state index contributed by atoms with van der Waals surface area (Å²) in [5.41, 5.74) is 2.35. The van der Waals surface area contributed by atoms with Gasteiger partial charge in [-0.25, -0.2) is 4.98 Å². The van der Waals surface area contributed by atoms with Gasteiger partial charge in [0.15, 0.2) is 0 Å². The summed E-state index contributed by atoms with van der Waals surface area (Å²) in [5, 5.41) is 0. The number of aromatic nitrogens is 2. The van der Waals surface area contributed by atoms with Gasteiger partial charge < -0.3 is 0 Å². The molecule has 2 rings (SSSR count). The van der Waals surface area contributed by atoms with E-state index in [0.29, 0.717) is 10.1 Å². The topological polar surface area (TPSA) is 34.9 Å². The summed E-state index contributed by atoms with van der Waals surface area (Å²) in [4.78, 5) is 15.8. The minimum Gasteiger partial charge on any atom is -0.294 e. The fraction of sp³-hybridized carbons (Fsp3) is 0.167. The van der Waals surface area contributed by atoms with Crippen molar-refractivity contribution < 1.29 is 0 Å². The molecule has 0 aliphatic heterocycles. The molecule has 0 saturated carbocycles. The van der Waals surface area contributed by atoms with E-state index in [9.17, 15) is 4.79 Å². The molecule has 1 aromatic carbocycles. The molecule has 0 bridgehead atoms. The van der Waals surface area contributed by atoms with Crippen molar-refractivity contribution in [2.75, 3.05) is 0 Å². The van der Waals surface area contributed by atoms with E-state index < -0.39 is 0 Å². The number of hydrogen-bond acceptors (Lipinski definition) is 2. The zero-order valence-electron chi connectivity index (χ0n) is 8.85. The Morgan fingerprint density at radius 1 is 1.38 bits per heavy atom. The zero-order chi connectivity index (χ0) is 11.5. The van der Waals surface area contributed by atoms with E-state index in [1.807, 2.05) is 53.8 Å². The van der Waals surface area contributed by atoms with Gasteiger partial charge in [0.05, 0.1) is 16.4 Å². The molecule has 4 heteroatoms. The van der Waals surface area contributed by atoms with Gasteiger partial charge in [0.1, 0.15) is 0 Å². The van der Waals surface area contributed by atoms with Gasteiger partial charge in [-0.15, -0.1) is 0 Å². The number of hydrogen-bond donors (Lipinski definition) is 0. The highest BCUT2D eigenvalue weighted by atomic mass is 127. The van der Waals surface area contributed by atoms with E-state index in [0.717, 1.165) is 5.56 Å². The van der Waals surface area contributed by atoms with Crippen molar-refractivity contribution >= 4 is 22.6 Å². The van der Waals surface area contributed by atoms with Crippen LogP contribution in [0, 0.1) is 10.5 Å². The lowest BCUT2D eigenvalue weighted by Gasteiger charge is -2.07. The van der Waals surface area contributed by atoms with Gasteiger partial charge in [-0.1, -0.05) is 24.3 Å². The first-order valence-corrected chi connectivity index (χ1v) is 6.01. The minimum atomic E-state index is 0.0128. The summed E-state index contributed by atoms with van der Waals surface area (Å²) < 4.78 is 2.28. The molecular weight excluding hydrogens is 315 g/mol. The minimum absolute atomic E-state index is 0.0128. The number of rotatable bonds is 2. The Hall–Kier alpha value is -1.17. The quantitative estimate of drug-likeness (QED) is 0.793. The average Bonchev–Trinajstić information content (AvgIpc) is 2.28. The van der Waals surface area contributed by atoms with E-state index in [4.69, 9.17) is 0 Å². The van der Waals surface area contributed by atoms with Gasteiger partial charge >= 0.3 is 0 Å². The van der Waals surface area contributed by atoms with E-state index in [1.165, 1.54) is 5.56 Å². The molecule has 0 aliphatic carbocycles. The molecule has 1 heterocycles. The van der Waals surface area contributed by atoms with Gasteiger partial charge in [-0.3, -0.25) is 9.36 Å². The van der Waals surface area contributed by atoms with Crippen LogP contribution in [0.1, 0.15) is 11.1 Å². The van der Waals surface area contributed by atoms with Crippen molar-refractivity contribution in [1.82, 2.24) is 9.55 Å². The Morgan fingerprint density at radius 3 is 2.88 bits per heavy atom. The van der Waals surface area contributed by atoms with Crippen molar-refractivity contribution in [1.29, 1.82) is 0 Å². The molecule has 2 aromatic rings. The van der Waals surface area contributed by atoms with Crippen LogP contribution in [-0.4, -0.2) is 9.55 Å². The van der Waals surface area contributed by atoms with Gasteiger partial charge in [0.2, 0.25) is 0 Å². The third-order valence-electron chi connectivity index (χ3n) is 2.46. The molecule has 0 atom stereocenters. The van der Waals surface area contributed by atoms with Crippen molar-refractivity contribution in [3.05, 3.63) is 61.8 Å². The van der Waals surface area contributed by atoms with Gasteiger partial charge in [-0.05, 0) is 40.6 Å². The summed E-state index contributed by atoms with van der Waals surface area (Å²) in [6, 6.07) is 8.05. The van der Waals surface area contributed by atoms with Crippen LogP contribution in [-0.2, 0) is 6.54 Å². The van der Waals surface area contributed by atoms with Crippen LogP contribution in [0.25, 0.3) is 0 Å². The second-order valence-corrected chi connectivity index (χ2v) is 4.76. The highest BCUT2D eigenvalue weighted by Gasteiger charge is 2.03. The summed E-state index contributed by atoms with van der Waals surface area (Å²) >= 11 is 2.01. The van der Waals surface area contributed by atoms with Crippen LogP contribution in [0.4, 0.5) is 0 Å². The molecule has 0 saturated heterocycles. The van der Waals surface area contributed by atoms with Crippen LogP contribution in [0.5, 0.6) is 0 Å². The molecule has 0 spiro atoms. The maximum atomic E-state index is 11.8. The Morgan fingerprint density at radius 2 is 2.12 bits per heavy atom. The maximum absolute atomic E-state index is 11.8. The lowest BCUT2D eigenvalue weighted by atomic mass is 10.1. The first-order chi connectivity index (χ1) is 7.68. The molecule has 82 valence electrons. The third kappa shape index (κ3) is 2.32. The second-order valence-electron chi connectivity index (χ2n) is 3.60. The molecule has 0 radical (unpaired) electrons. The van der Waals surface area contributed by atoms with Gasteiger partial charge in [-0.2, -0.15) is 0 Å². The maximum Gasteiger partial charge on any atom is 0.267 e. The second kappa shape index (κ2) is 4.78. The Balaban J connectivity index is 2.39. The normalized spacial score (nSPS) is 10.4. The lowest BCUT2D eigenvalue weighted by Crippen LogP contribution is -2.23. The molecule has 0 aliphatic rings. The van der Waals surface area contributed by atoms with Crippen molar-refractivity contribution in [3.63, 3.8) is 0 Å². The Labute approximate surface area is 107 Å². The fourth-order valence-electron chi connectivity index (χ4n) is 1.51. The van der Waals surface area contributed by atoms with Crippen molar-refractivity contribution in [3.8, 4) is 0 Å². The molecule has 0 N–H and O–H groups in total. The molecule has 0 amide bonds. The van der Waals surface area contributed by atoms with E-state index >= 15 is 0 Å². The molecule has 1 aromatic heterocycles. The first-order valence-electron chi connectivity index (χ1n) is 4.93. The summed E-state index contributed by atoms with van der Waals surface area (Å²) in [6.07, 6.45) is 3.16. The highest BCUT2D eigenvalue weighted by molar-refractivity contribution is 14.1. The van der Waals surface area contributed by atoms with E-state index in [2.05, 4.69) is 4.98 Å². The smallest absolute Gasteiger partial charge is 0.267 e. The number of benzene rings is 1. The highest BCUT2D eigenvalue weighted by Crippen LogP contribution is 2.07. The predicted octanol–water partition coefficient (Wildman–Crippen LogP) is 2.20. The van der Waals surface area contributed by atoms with E-state index in [-0.39, 0.29) is 5.56 Å². The monoisotopic (exact) mass is 326 g/mol. The van der Waals surface area contributed by atoms with Crippen LogP contribution >= 0.6 is 22.6 Å².